The van der Waals surface area contributed by atoms with E-state index in [-0.39, 0.29) is 57.8 Å². The van der Waals surface area contributed by atoms with Crippen molar-refractivity contribution in [3.8, 4) is 4.98 Å². The summed E-state index contributed by atoms with van der Waals surface area (Å²) in [7, 11) is 0. The SMILES string of the molecule is CC(=O)OC(C)(C)C.CC(=O)OC(C)(C)C.CC(C)(C)OC(=O)OC(=O)OC(C)(C)C.N#CBr.Nc1ccc([N+](=O)[O-])cc1N.Nc1ccc2nc(N)[nH]c2c1.Nc1nc2ccc([N+](=O)[O-])cc2[nH]1.Nc1nc2ccc([N+](=O)[O-])cc2[nH]1. The standard InChI is InChI=1S/C10H18O5.2C7H6N4O2.C7H8N4.C6H7N3O2.2C6H12O2.CBrN/c1-9(2,3)14-7(11)13-8(12)15-10(4,5)6;2*8-7-9-5-2-1-4(11(12)13)3-6(5)10-7;8-4-1-2-5-6(3-4)11-7(9)10-5;7-5-2-1-4(9(10)11)3-6(5)8;2*1-5(7)8-6(2,3)4;2-1-3/h1-6H3;2*1-3H,(H3,8,9,10);1-3H,8H2,(H3,9,10,11);1-3H,7-8H2;2*1-4H3;. The first-order valence-corrected chi connectivity index (χ1v) is 24.4. The van der Waals surface area contributed by atoms with Crippen LogP contribution >= 0.6 is 15.9 Å². The number of aromatic amines is 3. The summed E-state index contributed by atoms with van der Waals surface area (Å²) in [5.41, 5.74) is 35.8. The Hall–Kier alpha value is -10.1. The number of rotatable bonds is 3. The van der Waals surface area contributed by atoms with Gasteiger partial charge < -0.3 is 73.0 Å². The summed E-state index contributed by atoms with van der Waals surface area (Å²) < 4.78 is 23.4. The van der Waals surface area contributed by atoms with Gasteiger partial charge in [-0.2, -0.15) is 5.26 Å². The Kier molecular flexibility index (Phi) is 28.2. The highest BCUT2D eigenvalue weighted by molar-refractivity contribution is 9.12. The maximum absolute atomic E-state index is 11.0. The summed E-state index contributed by atoms with van der Waals surface area (Å²) in [5.74, 6) is 0.492. The van der Waals surface area contributed by atoms with E-state index in [4.69, 9.17) is 58.6 Å². The number of nitrogen functional groups attached to an aromatic ring is 6. The van der Waals surface area contributed by atoms with E-state index in [2.05, 4.69) is 50.6 Å². The van der Waals surface area contributed by atoms with Crippen LogP contribution in [0.4, 0.5) is 61.6 Å². The van der Waals surface area contributed by atoms with Crippen LogP contribution in [0.25, 0.3) is 33.1 Å². The minimum Gasteiger partial charge on any atom is -0.460 e. The molecule has 0 unspecified atom stereocenters. The number of nitriles is 1. The number of halogens is 1. The zero-order valence-corrected chi connectivity index (χ0v) is 49.1. The minimum atomic E-state index is -1.06. The van der Waals surface area contributed by atoms with Crippen LogP contribution in [-0.2, 0) is 33.3 Å². The number of nitro benzene ring substituents is 3. The molecule has 0 aliphatic rings. The fourth-order valence-electron chi connectivity index (χ4n) is 5.46. The number of hydrogen-bond acceptors (Lipinski definition) is 25. The molecule has 0 aliphatic carbocycles. The summed E-state index contributed by atoms with van der Waals surface area (Å²) in [6.45, 7) is 23.9. The molecule has 0 atom stereocenters. The van der Waals surface area contributed by atoms with E-state index in [0.29, 0.717) is 39.4 Å². The van der Waals surface area contributed by atoms with Gasteiger partial charge in [-0.05, 0) is 119 Å². The van der Waals surface area contributed by atoms with Gasteiger partial charge >= 0.3 is 24.2 Å². The Morgan fingerprint density at radius 3 is 1.04 bits per heavy atom. The molecule has 4 aromatic carbocycles. The minimum absolute atomic E-state index is 0.0242. The van der Waals surface area contributed by atoms with Crippen LogP contribution in [0.5, 0.6) is 0 Å². The van der Waals surface area contributed by atoms with Crippen LogP contribution in [-0.4, -0.2) is 91.3 Å². The Balaban J connectivity index is 0.000000934. The van der Waals surface area contributed by atoms with Crippen LogP contribution in [0, 0.1) is 40.6 Å². The number of H-pyrrole nitrogens is 3. The first kappa shape index (κ1) is 71.9. The average molecular weight is 1210 g/mol. The molecule has 82 heavy (non-hydrogen) atoms. The maximum Gasteiger partial charge on any atom is 0.519 e. The quantitative estimate of drug-likeness (QED) is 0.0198. The molecule has 0 aliphatic heterocycles. The van der Waals surface area contributed by atoms with Crippen molar-refractivity contribution in [2.75, 3.05) is 34.4 Å². The topological polar surface area (TPSA) is 510 Å². The molecule has 446 valence electrons. The number of anilines is 6. The van der Waals surface area contributed by atoms with Crippen molar-refractivity contribution in [3.05, 3.63) is 103 Å². The Morgan fingerprint density at radius 2 is 0.768 bits per heavy atom. The van der Waals surface area contributed by atoms with Crippen molar-refractivity contribution in [3.63, 3.8) is 0 Å². The Bertz CT molecular complexity index is 3180. The molecule has 32 heteroatoms. The van der Waals surface area contributed by atoms with Crippen molar-refractivity contribution in [2.45, 2.75) is 119 Å². The molecule has 0 saturated heterocycles. The van der Waals surface area contributed by atoms with E-state index in [1.165, 1.54) is 56.3 Å². The third kappa shape index (κ3) is 32.0. The molecule has 31 nitrogen and oxygen atoms in total. The predicted octanol–water partition coefficient (Wildman–Crippen LogP) is 10.0. The van der Waals surface area contributed by atoms with Gasteiger partial charge in [0.25, 0.3) is 17.1 Å². The highest BCUT2D eigenvalue weighted by Crippen LogP contribution is 2.22. The first-order chi connectivity index (χ1) is 37.4. The highest BCUT2D eigenvalue weighted by atomic mass is 79.9. The molecule has 3 heterocycles. The number of fused-ring (bicyclic) bond motifs is 3. The predicted molar refractivity (Wildman–Crippen MR) is 312 cm³/mol. The van der Waals surface area contributed by atoms with Gasteiger partial charge in [-0.1, -0.05) is 0 Å². The van der Waals surface area contributed by atoms with Gasteiger partial charge in [0, 0.05) is 71.9 Å². The second-order valence-electron chi connectivity index (χ2n) is 20.2. The number of carbonyl (C=O) groups is 4. The van der Waals surface area contributed by atoms with E-state index in [0.717, 1.165) is 11.0 Å². The number of carbonyl (C=O) groups excluding carboxylic acids is 4. The van der Waals surface area contributed by atoms with Crippen LogP contribution in [0.2, 0.25) is 0 Å². The molecule has 7 aromatic rings. The Labute approximate surface area is 478 Å². The zero-order chi connectivity index (χ0) is 63.7. The molecule has 0 radical (unpaired) electrons. The van der Waals surface area contributed by atoms with Gasteiger partial charge in [0.05, 0.1) is 59.2 Å². The van der Waals surface area contributed by atoms with Gasteiger partial charge in [-0.25, -0.2) is 24.5 Å². The number of imidazole rings is 3. The molecule has 0 fully saturated rings. The maximum atomic E-state index is 11.0. The van der Waals surface area contributed by atoms with E-state index < -0.39 is 38.3 Å². The van der Waals surface area contributed by atoms with E-state index in [1.807, 2.05) is 47.6 Å². The zero-order valence-electron chi connectivity index (χ0n) is 47.5. The number of aromatic nitrogens is 6. The smallest absolute Gasteiger partial charge is 0.460 e. The number of benzene rings is 4. The lowest BCUT2D eigenvalue weighted by Crippen LogP contribution is -2.29. The molecule has 3 aromatic heterocycles. The largest absolute Gasteiger partial charge is 0.519 e. The van der Waals surface area contributed by atoms with Crippen molar-refractivity contribution in [1.29, 1.82) is 5.26 Å². The second-order valence-corrected chi connectivity index (χ2v) is 20.5. The summed E-state index contributed by atoms with van der Waals surface area (Å²) >= 11 is 2.45. The fraction of sp³-hybridized carbons (Fsp3) is 0.360. The van der Waals surface area contributed by atoms with Gasteiger partial charge in [0.15, 0.2) is 17.8 Å². The van der Waals surface area contributed by atoms with E-state index in [9.17, 15) is 49.5 Å². The van der Waals surface area contributed by atoms with Crippen molar-refractivity contribution >= 4 is 125 Å². The number of nitrogens with zero attached hydrogens (tertiary/aromatic N) is 7. The average Bonchev–Trinajstić information content (AvgIpc) is 3.98. The molecule has 0 spiro atoms. The Morgan fingerprint density at radius 1 is 0.488 bits per heavy atom. The molecule has 15 N–H and O–H groups in total. The highest BCUT2D eigenvalue weighted by Gasteiger charge is 2.24. The normalized spacial score (nSPS) is 10.4. The van der Waals surface area contributed by atoms with Crippen LogP contribution in [0.3, 0.4) is 0 Å². The van der Waals surface area contributed by atoms with Crippen LogP contribution in [0.15, 0.2) is 72.8 Å². The summed E-state index contributed by atoms with van der Waals surface area (Å²) in [4.78, 5) is 93.7. The molecular formula is C50H69BrN16O15. The van der Waals surface area contributed by atoms with Crippen LogP contribution in [0.1, 0.15) is 96.9 Å². The third-order valence-electron chi connectivity index (χ3n) is 8.04. The number of ether oxygens (including phenoxy) is 5. The number of hydrogen-bond donors (Lipinski definition) is 9. The van der Waals surface area contributed by atoms with E-state index >= 15 is 0 Å². The van der Waals surface area contributed by atoms with Gasteiger partial charge in [0.1, 0.15) is 27.4 Å². The number of nitrogens with one attached hydrogen (secondary N) is 3. The summed E-state index contributed by atoms with van der Waals surface area (Å²) in [6.07, 6.45) is -2.12. The number of non-ortho nitro benzene ring substituents is 3. The summed E-state index contributed by atoms with van der Waals surface area (Å²) in [5, 5.41) is 38.2. The third-order valence-corrected chi connectivity index (χ3v) is 8.04. The first-order valence-electron chi connectivity index (χ1n) is 23.6. The van der Waals surface area contributed by atoms with Gasteiger partial charge in [0.2, 0.25) is 0 Å². The summed E-state index contributed by atoms with van der Waals surface area (Å²) in [6, 6.07) is 18.1. The number of esters is 2. The second kappa shape index (κ2) is 32.1. The number of nitrogens with two attached hydrogens (primary N) is 6. The molecule has 0 saturated carbocycles. The van der Waals surface area contributed by atoms with E-state index in [1.54, 1.807) is 70.8 Å². The van der Waals surface area contributed by atoms with Gasteiger partial charge in [-0.15, -0.1) is 0 Å². The lowest BCUT2D eigenvalue weighted by molar-refractivity contribution is -0.384. The molecular weight excluding hydrogens is 1140 g/mol. The molecule has 0 amide bonds. The monoisotopic (exact) mass is 1210 g/mol. The van der Waals surface area contributed by atoms with Crippen molar-refractivity contribution in [2.24, 2.45) is 0 Å². The van der Waals surface area contributed by atoms with Crippen molar-refractivity contribution in [1.82, 2.24) is 29.9 Å². The number of nitro groups is 3. The van der Waals surface area contributed by atoms with Gasteiger partial charge in [-0.3, -0.25) is 39.9 Å². The molecule has 0 bridgehead atoms. The van der Waals surface area contributed by atoms with Crippen molar-refractivity contribution < 1.29 is 57.6 Å². The lowest BCUT2D eigenvalue weighted by atomic mass is 10.2. The fourth-order valence-corrected chi connectivity index (χ4v) is 5.46. The molecule has 7 rings (SSSR count). The van der Waals surface area contributed by atoms with Crippen LogP contribution < -0.4 is 34.4 Å². The lowest BCUT2D eigenvalue weighted by Gasteiger charge is -2.20.